The minimum Gasteiger partial charge on any atom is -0.496 e. The Morgan fingerprint density at radius 3 is 2.30 bits per heavy atom. The molecule has 0 heterocycles. The van der Waals surface area contributed by atoms with E-state index in [1.807, 2.05) is 12.1 Å². The van der Waals surface area contributed by atoms with Gasteiger partial charge >= 0.3 is 5.97 Å². The third-order valence-corrected chi connectivity index (χ3v) is 3.08. The quantitative estimate of drug-likeness (QED) is 0.869. The van der Waals surface area contributed by atoms with Crippen molar-refractivity contribution in [1.29, 1.82) is 0 Å². The van der Waals surface area contributed by atoms with Crippen molar-refractivity contribution in [1.82, 2.24) is 0 Å². The lowest BCUT2D eigenvalue weighted by Gasteiger charge is -2.15. The van der Waals surface area contributed by atoms with Crippen molar-refractivity contribution in [3.8, 4) is 5.75 Å². The molecule has 0 saturated carbocycles. The van der Waals surface area contributed by atoms with E-state index in [1.165, 1.54) is 7.11 Å². The lowest BCUT2D eigenvalue weighted by Crippen LogP contribution is -2.04. The number of aliphatic hydroxyl groups is 1. The summed E-state index contributed by atoms with van der Waals surface area (Å²) in [5.74, 6) is 0.223. The van der Waals surface area contributed by atoms with E-state index in [4.69, 9.17) is 4.74 Å². The second-order valence-electron chi connectivity index (χ2n) is 4.26. The van der Waals surface area contributed by atoms with Crippen molar-refractivity contribution in [3.05, 3.63) is 65.2 Å². The number of aliphatic hydroxyl groups excluding tert-OH is 1. The highest BCUT2D eigenvalue weighted by molar-refractivity contribution is 5.89. The Bertz CT molecular complexity index is 590. The number of benzene rings is 2. The summed E-state index contributed by atoms with van der Waals surface area (Å²) in [6.07, 6.45) is -0.808. The van der Waals surface area contributed by atoms with E-state index in [0.29, 0.717) is 22.4 Å². The highest BCUT2D eigenvalue weighted by atomic mass is 16.5. The van der Waals surface area contributed by atoms with Gasteiger partial charge in [-0.1, -0.05) is 30.3 Å². The monoisotopic (exact) mass is 272 g/mol. The molecule has 2 aromatic carbocycles. The van der Waals surface area contributed by atoms with Crippen molar-refractivity contribution >= 4 is 5.97 Å². The molecule has 1 unspecified atom stereocenters. The molecular weight excluding hydrogens is 256 g/mol. The summed E-state index contributed by atoms with van der Waals surface area (Å²) < 4.78 is 9.87. The molecule has 104 valence electrons. The van der Waals surface area contributed by atoms with Gasteiger partial charge in [0.2, 0.25) is 0 Å². The Labute approximate surface area is 117 Å². The minimum absolute atomic E-state index is 0.400. The fourth-order valence-corrected chi connectivity index (χ4v) is 1.99. The van der Waals surface area contributed by atoms with Crippen LogP contribution in [0.25, 0.3) is 0 Å². The van der Waals surface area contributed by atoms with Crippen LogP contribution in [-0.2, 0) is 4.74 Å². The Morgan fingerprint density at radius 1 is 1.05 bits per heavy atom. The van der Waals surface area contributed by atoms with E-state index < -0.39 is 12.1 Å². The summed E-state index contributed by atoms with van der Waals surface area (Å²) in [7, 11) is 2.89. The zero-order valence-corrected chi connectivity index (χ0v) is 11.4. The topological polar surface area (TPSA) is 55.8 Å². The number of ether oxygens (including phenoxy) is 2. The van der Waals surface area contributed by atoms with Gasteiger partial charge in [-0.15, -0.1) is 0 Å². The molecule has 0 aromatic heterocycles. The lowest BCUT2D eigenvalue weighted by atomic mass is 9.99. The molecule has 0 aliphatic heterocycles. The van der Waals surface area contributed by atoms with Crippen LogP contribution in [0.2, 0.25) is 0 Å². The maximum absolute atomic E-state index is 11.4. The first kappa shape index (κ1) is 14.1. The zero-order chi connectivity index (χ0) is 14.5. The van der Waals surface area contributed by atoms with Gasteiger partial charge in [0.15, 0.2) is 0 Å². The van der Waals surface area contributed by atoms with Crippen LogP contribution in [0.15, 0.2) is 48.5 Å². The predicted octanol–water partition coefficient (Wildman–Crippen LogP) is 2.56. The van der Waals surface area contributed by atoms with Crippen LogP contribution in [0.1, 0.15) is 27.6 Å². The Morgan fingerprint density at radius 2 is 1.70 bits per heavy atom. The van der Waals surface area contributed by atoms with Crippen LogP contribution in [0, 0.1) is 0 Å². The van der Waals surface area contributed by atoms with Gasteiger partial charge in [-0.3, -0.25) is 0 Å². The number of rotatable bonds is 4. The van der Waals surface area contributed by atoms with Crippen LogP contribution in [0.5, 0.6) is 5.75 Å². The van der Waals surface area contributed by atoms with Crippen LogP contribution in [0.4, 0.5) is 0 Å². The van der Waals surface area contributed by atoms with Crippen LogP contribution in [0.3, 0.4) is 0 Å². The number of para-hydroxylation sites is 1. The third-order valence-electron chi connectivity index (χ3n) is 3.08. The van der Waals surface area contributed by atoms with Crippen molar-refractivity contribution in [2.75, 3.05) is 14.2 Å². The Kier molecular flexibility index (Phi) is 4.38. The first-order chi connectivity index (χ1) is 9.67. The molecule has 2 rings (SSSR count). The summed E-state index contributed by atoms with van der Waals surface area (Å²) in [6, 6.07) is 13.9. The summed E-state index contributed by atoms with van der Waals surface area (Å²) in [5, 5.41) is 10.4. The molecule has 0 radical (unpaired) electrons. The second kappa shape index (κ2) is 6.21. The van der Waals surface area contributed by atoms with E-state index in [2.05, 4.69) is 4.74 Å². The largest absolute Gasteiger partial charge is 0.496 e. The smallest absolute Gasteiger partial charge is 0.337 e. The first-order valence-electron chi connectivity index (χ1n) is 6.16. The number of esters is 1. The van der Waals surface area contributed by atoms with Gasteiger partial charge in [0.25, 0.3) is 0 Å². The van der Waals surface area contributed by atoms with Gasteiger partial charge in [0.1, 0.15) is 11.9 Å². The lowest BCUT2D eigenvalue weighted by molar-refractivity contribution is 0.0600. The standard InChI is InChI=1S/C16H16O4/c1-19-14-6-4-3-5-13(14)15(17)11-7-9-12(10-8-11)16(18)20-2/h3-10,15,17H,1-2H3. The molecule has 0 bridgehead atoms. The molecule has 20 heavy (non-hydrogen) atoms. The number of methoxy groups -OCH3 is 2. The van der Waals surface area contributed by atoms with Gasteiger partial charge < -0.3 is 14.6 Å². The summed E-state index contributed by atoms with van der Waals surface area (Å²) in [5.41, 5.74) is 1.81. The SMILES string of the molecule is COC(=O)c1ccc(C(O)c2ccccc2OC)cc1. The average molecular weight is 272 g/mol. The Balaban J connectivity index is 2.29. The van der Waals surface area contributed by atoms with Crippen LogP contribution < -0.4 is 4.74 Å². The highest BCUT2D eigenvalue weighted by Gasteiger charge is 2.15. The molecule has 1 N–H and O–H groups in total. The van der Waals surface area contributed by atoms with Gasteiger partial charge in [-0.05, 0) is 23.8 Å². The molecule has 0 aliphatic rings. The fourth-order valence-electron chi connectivity index (χ4n) is 1.99. The molecule has 0 aliphatic carbocycles. The maximum Gasteiger partial charge on any atom is 0.337 e. The van der Waals surface area contributed by atoms with Crippen molar-refractivity contribution < 1.29 is 19.4 Å². The van der Waals surface area contributed by atoms with Gasteiger partial charge in [-0.2, -0.15) is 0 Å². The minimum atomic E-state index is -0.808. The molecule has 0 saturated heterocycles. The van der Waals surface area contributed by atoms with Crippen LogP contribution >= 0.6 is 0 Å². The number of carbonyl (C=O) groups is 1. The van der Waals surface area contributed by atoms with Crippen LogP contribution in [-0.4, -0.2) is 25.3 Å². The molecule has 2 aromatic rings. The average Bonchev–Trinajstić information content (AvgIpc) is 2.53. The summed E-state index contributed by atoms with van der Waals surface area (Å²) in [6.45, 7) is 0. The first-order valence-corrected chi connectivity index (χ1v) is 6.16. The zero-order valence-electron chi connectivity index (χ0n) is 11.4. The van der Waals surface area contributed by atoms with E-state index in [-0.39, 0.29) is 0 Å². The van der Waals surface area contributed by atoms with Gasteiger partial charge in [0.05, 0.1) is 19.8 Å². The summed E-state index contributed by atoms with van der Waals surface area (Å²) in [4.78, 5) is 11.4. The molecule has 0 fully saturated rings. The number of carbonyl (C=O) groups excluding carboxylic acids is 1. The molecule has 0 spiro atoms. The number of hydrogen-bond acceptors (Lipinski definition) is 4. The van der Waals surface area contributed by atoms with Crippen molar-refractivity contribution in [2.45, 2.75) is 6.10 Å². The van der Waals surface area contributed by atoms with E-state index >= 15 is 0 Å². The van der Waals surface area contributed by atoms with E-state index in [9.17, 15) is 9.90 Å². The number of hydrogen-bond donors (Lipinski definition) is 1. The molecule has 0 amide bonds. The normalized spacial score (nSPS) is 11.8. The third kappa shape index (κ3) is 2.81. The van der Waals surface area contributed by atoms with Crippen molar-refractivity contribution in [3.63, 3.8) is 0 Å². The van der Waals surface area contributed by atoms with E-state index in [1.54, 1.807) is 43.5 Å². The highest BCUT2D eigenvalue weighted by Crippen LogP contribution is 2.29. The maximum atomic E-state index is 11.4. The predicted molar refractivity (Wildman–Crippen MR) is 74.8 cm³/mol. The Hall–Kier alpha value is -2.33. The molecular formula is C16H16O4. The fraction of sp³-hybridized carbons (Fsp3) is 0.188. The summed E-state index contributed by atoms with van der Waals surface area (Å²) >= 11 is 0. The van der Waals surface area contributed by atoms with E-state index in [0.717, 1.165) is 0 Å². The molecule has 4 nitrogen and oxygen atoms in total. The van der Waals surface area contributed by atoms with Gasteiger partial charge in [-0.25, -0.2) is 4.79 Å². The molecule has 4 heteroatoms. The molecule has 1 atom stereocenters. The van der Waals surface area contributed by atoms with Gasteiger partial charge in [0, 0.05) is 5.56 Å². The second-order valence-corrected chi connectivity index (χ2v) is 4.26. The van der Waals surface area contributed by atoms with Crippen molar-refractivity contribution in [2.24, 2.45) is 0 Å².